The van der Waals surface area contributed by atoms with E-state index in [4.69, 9.17) is 9.47 Å². The molecule has 3 heterocycles. The van der Waals surface area contributed by atoms with Crippen molar-refractivity contribution >= 4 is 10.9 Å². The van der Waals surface area contributed by atoms with E-state index in [9.17, 15) is 0 Å². The van der Waals surface area contributed by atoms with E-state index in [0.29, 0.717) is 13.2 Å². The summed E-state index contributed by atoms with van der Waals surface area (Å²) >= 11 is 0. The molecule has 0 fully saturated rings. The van der Waals surface area contributed by atoms with Gasteiger partial charge in [0, 0.05) is 23.7 Å². The number of rotatable bonds is 0. The predicted octanol–water partition coefficient (Wildman–Crippen LogP) is 2.68. The second-order valence-electron chi connectivity index (χ2n) is 5.95. The van der Waals surface area contributed by atoms with Crippen molar-refractivity contribution in [1.29, 1.82) is 0 Å². The first kappa shape index (κ1) is 15.0. The second kappa shape index (κ2) is 6.49. The molecule has 0 amide bonds. The topological polar surface area (TPSA) is 72.1 Å². The van der Waals surface area contributed by atoms with Crippen molar-refractivity contribution in [2.75, 3.05) is 26.3 Å². The third kappa shape index (κ3) is 2.92. The normalized spacial score (nSPS) is 15.4. The molecule has 1 aliphatic rings. The summed E-state index contributed by atoms with van der Waals surface area (Å²) in [6, 6.07) is 6.11. The van der Waals surface area contributed by atoms with Crippen LogP contribution in [-0.2, 0) is 0 Å². The Morgan fingerprint density at radius 3 is 2.96 bits per heavy atom. The summed E-state index contributed by atoms with van der Waals surface area (Å²) in [6.45, 7) is 5.04. The molecular formula is C18H20N4O2. The van der Waals surface area contributed by atoms with Crippen LogP contribution in [-0.4, -0.2) is 41.5 Å². The molecule has 2 N–H and O–H groups in total. The van der Waals surface area contributed by atoms with Crippen LogP contribution in [0.2, 0.25) is 0 Å². The highest BCUT2D eigenvalue weighted by atomic mass is 16.5. The molecule has 0 aliphatic carbocycles. The molecule has 1 aromatic carbocycles. The molecule has 1 aliphatic heterocycles. The third-order valence-electron chi connectivity index (χ3n) is 4.15. The van der Waals surface area contributed by atoms with Crippen LogP contribution >= 0.6 is 0 Å². The van der Waals surface area contributed by atoms with E-state index in [0.717, 1.165) is 58.7 Å². The zero-order chi connectivity index (χ0) is 16.4. The molecule has 3 aromatic rings. The molecule has 6 heteroatoms. The highest BCUT2D eigenvalue weighted by Gasteiger charge is 2.13. The van der Waals surface area contributed by atoms with Crippen molar-refractivity contribution in [2.45, 2.75) is 13.3 Å². The van der Waals surface area contributed by atoms with Gasteiger partial charge in [-0.1, -0.05) is 0 Å². The van der Waals surface area contributed by atoms with E-state index in [1.54, 1.807) is 12.4 Å². The average Bonchev–Trinajstić information content (AvgIpc) is 2.99. The molecular weight excluding hydrogens is 304 g/mol. The van der Waals surface area contributed by atoms with Crippen LogP contribution in [0, 0.1) is 6.92 Å². The highest BCUT2D eigenvalue weighted by Crippen LogP contribution is 2.32. The van der Waals surface area contributed by atoms with Crippen molar-refractivity contribution in [3.05, 3.63) is 36.2 Å². The second-order valence-corrected chi connectivity index (χ2v) is 5.95. The van der Waals surface area contributed by atoms with Crippen molar-refractivity contribution in [3.8, 4) is 22.8 Å². The number of nitrogens with one attached hydrogen (secondary N) is 2. The lowest BCUT2D eigenvalue weighted by Crippen LogP contribution is -2.23. The molecule has 4 rings (SSSR count). The number of fused-ring (bicyclic) bond motifs is 4. The lowest BCUT2D eigenvalue weighted by molar-refractivity contribution is 0.293. The quantitative estimate of drug-likeness (QED) is 0.665. The molecule has 4 bridgehead atoms. The summed E-state index contributed by atoms with van der Waals surface area (Å²) in [4.78, 5) is 4.29. The number of pyridine rings is 1. The van der Waals surface area contributed by atoms with Crippen LogP contribution in [0.5, 0.6) is 11.5 Å². The van der Waals surface area contributed by atoms with Crippen molar-refractivity contribution in [1.82, 2.24) is 20.5 Å². The van der Waals surface area contributed by atoms with Crippen molar-refractivity contribution in [3.63, 3.8) is 0 Å². The van der Waals surface area contributed by atoms with Gasteiger partial charge in [0.25, 0.3) is 0 Å². The maximum Gasteiger partial charge on any atom is 0.138 e. The van der Waals surface area contributed by atoms with Gasteiger partial charge in [-0.3, -0.25) is 10.1 Å². The van der Waals surface area contributed by atoms with Gasteiger partial charge in [-0.15, -0.1) is 0 Å². The van der Waals surface area contributed by atoms with E-state index in [1.807, 2.05) is 6.07 Å². The summed E-state index contributed by atoms with van der Waals surface area (Å²) in [7, 11) is 0. The van der Waals surface area contributed by atoms with E-state index in [-0.39, 0.29) is 0 Å². The van der Waals surface area contributed by atoms with Gasteiger partial charge in [0.15, 0.2) is 0 Å². The monoisotopic (exact) mass is 324 g/mol. The SMILES string of the molecule is Cc1cc2[nH]nc3c2cc1OCCCNCCOc1cncc-3c1. The van der Waals surface area contributed by atoms with Crippen molar-refractivity contribution in [2.24, 2.45) is 0 Å². The molecule has 0 radical (unpaired) electrons. The zero-order valence-corrected chi connectivity index (χ0v) is 13.6. The first-order valence-electron chi connectivity index (χ1n) is 8.22. The fraction of sp³-hybridized carbons (Fsp3) is 0.333. The number of aromatic nitrogens is 3. The van der Waals surface area contributed by atoms with Gasteiger partial charge >= 0.3 is 0 Å². The molecule has 6 nitrogen and oxygen atoms in total. The predicted molar refractivity (Wildman–Crippen MR) is 92.5 cm³/mol. The van der Waals surface area contributed by atoms with Crippen LogP contribution in [0.1, 0.15) is 12.0 Å². The van der Waals surface area contributed by atoms with Crippen LogP contribution < -0.4 is 14.8 Å². The third-order valence-corrected chi connectivity index (χ3v) is 4.15. The first-order valence-corrected chi connectivity index (χ1v) is 8.22. The number of nitrogens with zero attached hydrogens (tertiary/aromatic N) is 2. The zero-order valence-electron chi connectivity index (χ0n) is 13.6. The van der Waals surface area contributed by atoms with E-state index >= 15 is 0 Å². The van der Waals surface area contributed by atoms with E-state index in [1.165, 1.54) is 0 Å². The summed E-state index contributed by atoms with van der Waals surface area (Å²) in [6.07, 6.45) is 4.49. The van der Waals surface area contributed by atoms with Gasteiger partial charge in [0.2, 0.25) is 0 Å². The standard InChI is InChI=1S/C18H20N4O2/c1-12-7-16-15-9-17(12)24-5-2-3-19-4-6-23-14-8-13(10-20-11-14)18(15)22-21-16/h7-11,19H,2-6H2,1H3,(H,21,22). The lowest BCUT2D eigenvalue weighted by Gasteiger charge is -2.10. The van der Waals surface area contributed by atoms with Gasteiger partial charge in [-0.25, -0.2) is 0 Å². The number of benzene rings is 1. The Morgan fingerprint density at radius 2 is 2.00 bits per heavy atom. The fourth-order valence-corrected chi connectivity index (χ4v) is 2.90. The first-order chi connectivity index (χ1) is 11.8. The molecule has 2 aromatic heterocycles. The smallest absolute Gasteiger partial charge is 0.138 e. The number of ether oxygens (including phenoxy) is 2. The number of hydrogen-bond donors (Lipinski definition) is 2. The maximum atomic E-state index is 5.97. The molecule has 0 saturated carbocycles. The molecule has 0 saturated heterocycles. The minimum atomic E-state index is 0.606. The summed E-state index contributed by atoms with van der Waals surface area (Å²) in [5, 5.41) is 12.0. The minimum absolute atomic E-state index is 0.606. The molecule has 0 atom stereocenters. The average molecular weight is 324 g/mol. The minimum Gasteiger partial charge on any atom is -0.493 e. The fourth-order valence-electron chi connectivity index (χ4n) is 2.90. The summed E-state index contributed by atoms with van der Waals surface area (Å²) in [5.41, 5.74) is 3.88. The maximum absolute atomic E-state index is 5.97. The van der Waals surface area contributed by atoms with Gasteiger partial charge < -0.3 is 14.8 Å². The Morgan fingerprint density at radius 1 is 1.04 bits per heavy atom. The molecule has 24 heavy (non-hydrogen) atoms. The van der Waals surface area contributed by atoms with Crippen LogP contribution in [0.3, 0.4) is 0 Å². The molecule has 124 valence electrons. The van der Waals surface area contributed by atoms with Crippen LogP contribution in [0.4, 0.5) is 0 Å². The number of aromatic amines is 1. The van der Waals surface area contributed by atoms with Crippen LogP contribution in [0.15, 0.2) is 30.6 Å². The summed E-state index contributed by atoms with van der Waals surface area (Å²) in [5.74, 6) is 1.66. The largest absolute Gasteiger partial charge is 0.493 e. The number of aryl methyl sites for hydroxylation is 1. The Kier molecular flexibility index (Phi) is 4.04. The highest BCUT2D eigenvalue weighted by molar-refractivity contribution is 5.94. The van der Waals surface area contributed by atoms with Gasteiger partial charge in [0.1, 0.15) is 23.8 Å². The Bertz CT molecular complexity index is 859. The van der Waals surface area contributed by atoms with Gasteiger partial charge in [0.05, 0.1) is 18.3 Å². The van der Waals surface area contributed by atoms with E-state index < -0.39 is 0 Å². The van der Waals surface area contributed by atoms with Gasteiger partial charge in [-0.05, 0) is 43.7 Å². The van der Waals surface area contributed by atoms with Gasteiger partial charge in [-0.2, -0.15) is 5.10 Å². The van der Waals surface area contributed by atoms with E-state index in [2.05, 4.69) is 39.6 Å². The number of hydrogen-bond acceptors (Lipinski definition) is 5. The number of H-pyrrole nitrogens is 1. The molecule has 0 spiro atoms. The molecule has 0 unspecified atom stereocenters. The summed E-state index contributed by atoms with van der Waals surface area (Å²) < 4.78 is 11.7. The Hall–Kier alpha value is -2.60. The lowest BCUT2D eigenvalue weighted by atomic mass is 10.1. The van der Waals surface area contributed by atoms with Crippen LogP contribution in [0.25, 0.3) is 22.2 Å². The van der Waals surface area contributed by atoms with Crippen molar-refractivity contribution < 1.29 is 9.47 Å². The Balaban J connectivity index is 1.81. The Labute approximate surface area is 140 Å².